The van der Waals surface area contributed by atoms with Gasteiger partial charge < -0.3 is 14.9 Å². The van der Waals surface area contributed by atoms with Crippen molar-refractivity contribution in [1.29, 1.82) is 0 Å². The number of aliphatic carboxylic acids is 1. The Morgan fingerprint density at radius 1 is 1.60 bits per heavy atom. The fourth-order valence-electron chi connectivity index (χ4n) is 0.820. The zero-order valence-electron chi connectivity index (χ0n) is 5.54. The van der Waals surface area contributed by atoms with E-state index in [0.29, 0.717) is 12.8 Å². The predicted octanol–water partition coefficient (Wildman–Crippen LogP) is -0.0399. The van der Waals surface area contributed by atoms with Crippen molar-refractivity contribution in [2.75, 3.05) is 6.61 Å². The lowest BCUT2D eigenvalue weighted by atomic mass is 9.92. The highest BCUT2D eigenvalue weighted by atomic mass is 16.6. The minimum Gasteiger partial charge on any atom is -0.480 e. The van der Waals surface area contributed by atoms with Gasteiger partial charge in [-0.05, 0) is 6.42 Å². The van der Waals surface area contributed by atoms with Crippen LogP contribution in [0.3, 0.4) is 0 Å². The van der Waals surface area contributed by atoms with Gasteiger partial charge in [0.15, 0.2) is 5.79 Å². The van der Waals surface area contributed by atoms with E-state index in [1.54, 1.807) is 0 Å². The van der Waals surface area contributed by atoms with E-state index in [0.717, 1.165) is 6.42 Å². The van der Waals surface area contributed by atoms with Crippen LogP contribution in [0.5, 0.6) is 0 Å². The number of carboxylic acids is 1. The predicted molar refractivity (Wildman–Crippen MR) is 32.4 cm³/mol. The van der Waals surface area contributed by atoms with Crippen LogP contribution in [0, 0.1) is 0 Å². The quantitative estimate of drug-likeness (QED) is 0.548. The van der Waals surface area contributed by atoms with E-state index >= 15 is 0 Å². The van der Waals surface area contributed by atoms with Gasteiger partial charge in [0.2, 0.25) is 0 Å². The topological polar surface area (TPSA) is 66.8 Å². The summed E-state index contributed by atoms with van der Waals surface area (Å²) < 4.78 is 4.68. The first-order chi connectivity index (χ1) is 4.62. The zero-order valence-corrected chi connectivity index (χ0v) is 5.54. The molecule has 0 saturated heterocycles. The van der Waals surface area contributed by atoms with Gasteiger partial charge in [0.1, 0.15) is 6.61 Å². The molecule has 1 fully saturated rings. The second-order valence-electron chi connectivity index (χ2n) is 2.48. The third-order valence-corrected chi connectivity index (χ3v) is 1.60. The fourth-order valence-corrected chi connectivity index (χ4v) is 0.820. The van der Waals surface area contributed by atoms with Crippen molar-refractivity contribution in [1.82, 2.24) is 0 Å². The normalized spacial score (nSPS) is 21.7. The molecule has 0 aromatic heterocycles. The number of aliphatic hydroxyl groups is 1. The number of hydrogen-bond donors (Lipinski definition) is 2. The summed E-state index contributed by atoms with van der Waals surface area (Å²) in [6.45, 7) is -0.406. The lowest BCUT2D eigenvalue weighted by molar-refractivity contribution is -0.247. The van der Waals surface area contributed by atoms with Gasteiger partial charge in [-0.1, -0.05) is 0 Å². The fraction of sp³-hybridized carbons (Fsp3) is 0.833. The average Bonchev–Trinajstić information content (AvgIpc) is 1.79. The minimum absolute atomic E-state index is 0.406. The number of ether oxygens (including phenoxy) is 1. The van der Waals surface area contributed by atoms with Gasteiger partial charge in [-0.3, -0.25) is 0 Å². The number of carbonyl (C=O) groups is 1. The molecular formula is C6H10O4. The summed E-state index contributed by atoms with van der Waals surface area (Å²) in [5, 5.41) is 17.3. The highest BCUT2D eigenvalue weighted by molar-refractivity contribution is 5.68. The number of hydrogen-bond acceptors (Lipinski definition) is 3. The van der Waals surface area contributed by atoms with E-state index in [2.05, 4.69) is 4.74 Å². The van der Waals surface area contributed by atoms with Crippen molar-refractivity contribution < 1.29 is 19.7 Å². The number of rotatable bonds is 3. The summed E-state index contributed by atoms with van der Waals surface area (Å²) in [4.78, 5) is 9.95. The first-order valence-electron chi connectivity index (χ1n) is 3.20. The molecule has 4 nitrogen and oxygen atoms in total. The van der Waals surface area contributed by atoms with Gasteiger partial charge in [-0.2, -0.15) is 0 Å². The third kappa shape index (κ3) is 1.68. The molecule has 0 heterocycles. The monoisotopic (exact) mass is 146 g/mol. The van der Waals surface area contributed by atoms with Gasteiger partial charge in [0.05, 0.1) is 0 Å². The third-order valence-electron chi connectivity index (χ3n) is 1.60. The molecule has 1 rings (SSSR count). The maximum absolute atomic E-state index is 9.95. The summed E-state index contributed by atoms with van der Waals surface area (Å²) in [5.41, 5.74) is 0. The molecule has 10 heavy (non-hydrogen) atoms. The second-order valence-corrected chi connectivity index (χ2v) is 2.48. The Bertz CT molecular complexity index is 139. The summed E-state index contributed by atoms with van der Waals surface area (Å²) in [7, 11) is 0. The Kier molecular flexibility index (Phi) is 1.92. The Hall–Kier alpha value is -0.610. The van der Waals surface area contributed by atoms with E-state index < -0.39 is 18.4 Å². The molecule has 4 heteroatoms. The van der Waals surface area contributed by atoms with Crippen LogP contribution in [0.25, 0.3) is 0 Å². The van der Waals surface area contributed by atoms with Crippen molar-refractivity contribution in [3.8, 4) is 0 Å². The largest absolute Gasteiger partial charge is 0.480 e. The zero-order chi connectivity index (χ0) is 7.61. The molecule has 1 aliphatic carbocycles. The van der Waals surface area contributed by atoms with Crippen LogP contribution >= 0.6 is 0 Å². The lowest BCUT2D eigenvalue weighted by Gasteiger charge is -2.35. The van der Waals surface area contributed by atoms with Gasteiger partial charge in [-0.15, -0.1) is 0 Å². The minimum atomic E-state index is -1.13. The van der Waals surface area contributed by atoms with Gasteiger partial charge in [0, 0.05) is 12.8 Å². The van der Waals surface area contributed by atoms with E-state index in [9.17, 15) is 9.90 Å². The van der Waals surface area contributed by atoms with Crippen molar-refractivity contribution in [3.63, 3.8) is 0 Å². The SMILES string of the molecule is O=C(O)COC1(O)CCC1. The van der Waals surface area contributed by atoms with Crippen LogP contribution in [-0.2, 0) is 9.53 Å². The molecule has 0 amide bonds. The van der Waals surface area contributed by atoms with Crippen LogP contribution < -0.4 is 0 Å². The average molecular weight is 146 g/mol. The van der Waals surface area contributed by atoms with Crippen molar-refractivity contribution in [2.24, 2.45) is 0 Å². The highest BCUT2D eigenvalue weighted by Crippen LogP contribution is 2.32. The standard InChI is InChI=1S/C6H10O4/c7-5(8)4-10-6(9)2-1-3-6/h9H,1-4H2,(H,7,8). The first kappa shape index (κ1) is 7.50. The van der Waals surface area contributed by atoms with E-state index in [1.165, 1.54) is 0 Å². The van der Waals surface area contributed by atoms with Crippen LogP contribution in [0.2, 0.25) is 0 Å². The molecule has 0 atom stereocenters. The molecule has 58 valence electrons. The lowest BCUT2D eigenvalue weighted by Crippen LogP contribution is -2.41. The molecule has 0 unspecified atom stereocenters. The van der Waals surface area contributed by atoms with Crippen LogP contribution in [0.4, 0.5) is 0 Å². The second kappa shape index (κ2) is 2.56. The molecule has 0 radical (unpaired) electrons. The van der Waals surface area contributed by atoms with E-state index in [-0.39, 0.29) is 0 Å². The molecule has 0 aliphatic heterocycles. The molecule has 1 saturated carbocycles. The molecule has 0 aromatic carbocycles. The van der Waals surface area contributed by atoms with Gasteiger partial charge in [-0.25, -0.2) is 4.79 Å². The van der Waals surface area contributed by atoms with Crippen LogP contribution in [0.1, 0.15) is 19.3 Å². The summed E-state index contributed by atoms with van der Waals surface area (Å²) in [6, 6.07) is 0. The number of carboxylic acid groups (broad SMARTS) is 1. The summed E-state index contributed by atoms with van der Waals surface area (Å²) in [6.07, 6.45) is 2.02. The van der Waals surface area contributed by atoms with Crippen molar-refractivity contribution >= 4 is 5.97 Å². The Labute approximate surface area is 58.4 Å². The maximum Gasteiger partial charge on any atom is 0.329 e. The van der Waals surface area contributed by atoms with Crippen LogP contribution in [-0.4, -0.2) is 28.6 Å². The van der Waals surface area contributed by atoms with E-state index in [4.69, 9.17) is 5.11 Å². The van der Waals surface area contributed by atoms with Gasteiger partial charge >= 0.3 is 5.97 Å². The van der Waals surface area contributed by atoms with Crippen molar-refractivity contribution in [2.45, 2.75) is 25.0 Å². The smallest absolute Gasteiger partial charge is 0.329 e. The molecule has 0 spiro atoms. The van der Waals surface area contributed by atoms with Crippen molar-refractivity contribution in [3.05, 3.63) is 0 Å². The first-order valence-corrected chi connectivity index (χ1v) is 3.20. The Balaban J connectivity index is 2.18. The molecule has 0 bridgehead atoms. The molecule has 2 N–H and O–H groups in total. The molecule has 0 aromatic rings. The summed E-state index contributed by atoms with van der Waals surface area (Å²) >= 11 is 0. The Morgan fingerprint density at radius 3 is 2.50 bits per heavy atom. The van der Waals surface area contributed by atoms with E-state index in [1.807, 2.05) is 0 Å². The Morgan fingerprint density at radius 2 is 2.20 bits per heavy atom. The van der Waals surface area contributed by atoms with Crippen LogP contribution in [0.15, 0.2) is 0 Å². The molecule has 1 aliphatic rings. The summed E-state index contributed by atoms with van der Waals surface area (Å²) in [5.74, 6) is -2.17. The highest BCUT2D eigenvalue weighted by Gasteiger charge is 2.35. The van der Waals surface area contributed by atoms with Gasteiger partial charge in [0.25, 0.3) is 0 Å². The maximum atomic E-state index is 9.95. The molecular weight excluding hydrogens is 136 g/mol.